The van der Waals surface area contributed by atoms with Crippen LogP contribution < -0.4 is 16.0 Å². The summed E-state index contributed by atoms with van der Waals surface area (Å²) in [5.74, 6) is -3.83. The number of rotatable bonds is 11. The van der Waals surface area contributed by atoms with Gasteiger partial charge in [-0.2, -0.15) is 0 Å². The minimum absolute atomic E-state index is 0.0128. The average molecular weight is 599 g/mol. The summed E-state index contributed by atoms with van der Waals surface area (Å²) >= 11 is 0. The molecular formula is C32H30N4O8. The third-order valence-corrected chi connectivity index (χ3v) is 7.27. The SMILES string of the molecule is O=C(CNC(=O)OCC1c2ccccc2-c2ccccc21)NCC(=O)NC(Cc1ccccc1)C(=O)ON1C(=O)CCC1=O. The molecular weight excluding hydrogens is 568 g/mol. The lowest BCUT2D eigenvalue weighted by molar-refractivity contribution is -0.199. The summed E-state index contributed by atoms with van der Waals surface area (Å²) in [6.45, 7) is -0.874. The van der Waals surface area contributed by atoms with E-state index in [1.54, 1.807) is 30.3 Å². The molecule has 226 valence electrons. The van der Waals surface area contributed by atoms with Crippen LogP contribution in [0.5, 0.6) is 0 Å². The van der Waals surface area contributed by atoms with E-state index in [0.29, 0.717) is 10.6 Å². The molecule has 1 unspecified atom stereocenters. The molecule has 1 heterocycles. The number of hydroxylamine groups is 2. The molecule has 1 atom stereocenters. The van der Waals surface area contributed by atoms with Crippen molar-refractivity contribution in [2.24, 2.45) is 0 Å². The molecule has 1 aliphatic carbocycles. The molecule has 0 aromatic heterocycles. The number of hydrogen-bond donors (Lipinski definition) is 3. The van der Waals surface area contributed by atoms with Crippen LogP contribution in [0, 0.1) is 0 Å². The third-order valence-electron chi connectivity index (χ3n) is 7.27. The number of fused-ring (bicyclic) bond motifs is 3. The van der Waals surface area contributed by atoms with Crippen molar-refractivity contribution in [2.45, 2.75) is 31.2 Å². The molecule has 44 heavy (non-hydrogen) atoms. The zero-order valence-corrected chi connectivity index (χ0v) is 23.6. The fourth-order valence-electron chi connectivity index (χ4n) is 5.14. The van der Waals surface area contributed by atoms with Crippen LogP contribution in [0.4, 0.5) is 4.79 Å². The summed E-state index contributed by atoms with van der Waals surface area (Å²) in [6.07, 6.45) is -0.919. The molecule has 0 bridgehead atoms. The maximum atomic E-state index is 12.8. The van der Waals surface area contributed by atoms with Gasteiger partial charge in [0.05, 0.1) is 6.54 Å². The van der Waals surface area contributed by atoms with E-state index in [1.165, 1.54) is 0 Å². The third kappa shape index (κ3) is 7.09. The highest BCUT2D eigenvalue weighted by Crippen LogP contribution is 2.44. The number of benzene rings is 3. The molecule has 5 rings (SSSR count). The van der Waals surface area contributed by atoms with Crippen LogP contribution in [-0.4, -0.2) is 66.5 Å². The lowest BCUT2D eigenvalue weighted by atomic mass is 9.98. The van der Waals surface area contributed by atoms with E-state index in [0.717, 1.165) is 22.3 Å². The van der Waals surface area contributed by atoms with Crippen molar-refractivity contribution in [3.8, 4) is 11.1 Å². The number of carbonyl (C=O) groups is 6. The zero-order valence-electron chi connectivity index (χ0n) is 23.6. The number of nitrogens with zero attached hydrogens (tertiary/aromatic N) is 1. The Bertz CT molecular complexity index is 1530. The van der Waals surface area contributed by atoms with E-state index in [2.05, 4.69) is 16.0 Å². The topological polar surface area (TPSA) is 160 Å². The Morgan fingerprint density at radius 3 is 1.95 bits per heavy atom. The molecule has 3 aromatic carbocycles. The summed E-state index contributed by atoms with van der Waals surface area (Å²) in [5, 5.41) is 7.61. The van der Waals surface area contributed by atoms with E-state index in [4.69, 9.17) is 9.57 Å². The summed E-state index contributed by atoms with van der Waals surface area (Å²) < 4.78 is 5.41. The number of nitrogens with one attached hydrogen (secondary N) is 3. The number of ether oxygens (including phenoxy) is 1. The summed E-state index contributed by atoms with van der Waals surface area (Å²) in [5.41, 5.74) is 4.97. The van der Waals surface area contributed by atoms with Crippen molar-refractivity contribution in [3.63, 3.8) is 0 Å². The van der Waals surface area contributed by atoms with E-state index < -0.39 is 54.8 Å². The molecule has 0 saturated carbocycles. The quantitative estimate of drug-likeness (QED) is 0.283. The van der Waals surface area contributed by atoms with E-state index in [-0.39, 0.29) is 31.8 Å². The van der Waals surface area contributed by atoms with Crippen LogP contribution in [0.25, 0.3) is 11.1 Å². The second-order valence-electron chi connectivity index (χ2n) is 10.3. The summed E-state index contributed by atoms with van der Waals surface area (Å²) in [6, 6.07) is 23.3. The Morgan fingerprint density at radius 2 is 1.32 bits per heavy atom. The molecule has 0 radical (unpaired) electrons. The van der Waals surface area contributed by atoms with Gasteiger partial charge in [-0.25, -0.2) is 9.59 Å². The van der Waals surface area contributed by atoms with Crippen LogP contribution in [0.1, 0.15) is 35.4 Å². The predicted octanol–water partition coefficient (Wildman–Crippen LogP) is 1.98. The standard InChI is InChI=1S/C32H30N4O8/c37-27(17-34-32(42)43-19-25-23-12-6-4-10-21(23)22-11-5-7-13-24(22)25)33-18-28(38)35-26(16-20-8-2-1-3-9-20)31(41)44-36-29(39)14-15-30(36)40/h1-13,25-26H,14-19H2,(H,33,37)(H,34,42)(H,35,38). The van der Waals surface area contributed by atoms with Gasteiger partial charge in [-0.1, -0.05) is 78.9 Å². The molecule has 0 spiro atoms. The maximum absolute atomic E-state index is 12.8. The number of amides is 5. The largest absolute Gasteiger partial charge is 0.449 e. The first-order valence-electron chi connectivity index (χ1n) is 14.1. The Kier molecular flexibility index (Phi) is 9.28. The number of carbonyl (C=O) groups excluding carboxylic acids is 6. The maximum Gasteiger partial charge on any atom is 0.407 e. The van der Waals surface area contributed by atoms with Crippen molar-refractivity contribution in [2.75, 3.05) is 19.7 Å². The molecule has 12 nitrogen and oxygen atoms in total. The molecule has 5 amide bonds. The zero-order chi connectivity index (χ0) is 31.1. The number of hydrogen-bond acceptors (Lipinski definition) is 8. The Morgan fingerprint density at radius 1 is 0.750 bits per heavy atom. The lowest BCUT2D eigenvalue weighted by Gasteiger charge is -2.20. The van der Waals surface area contributed by atoms with Crippen LogP contribution >= 0.6 is 0 Å². The summed E-state index contributed by atoms with van der Waals surface area (Å²) in [7, 11) is 0. The van der Waals surface area contributed by atoms with Crippen molar-refractivity contribution in [1.29, 1.82) is 0 Å². The van der Waals surface area contributed by atoms with Crippen LogP contribution in [-0.2, 0) is 40.0 Å². The van der Waals surface area contributed by atoms with Crippen molar-refractivity contribution < 1.29 is 38.3 Å². The minimum atomic E-state index is -1.25. The molecule has 3 aromatic rings. The highest BCUT2D eigenvalue weighted by Gasteiger charge is 2.35. The Hall–Kier alpha value is -5.52. The molecule has 1 fully saturated rings. The van der Waals surface area contributed by atoms with Gasteiger partial charge in [-0.15, -0.1) is 5.06 Å². The van der Waals surface area contributed by atoms with Gasteiger partial charge in [-0.05, 0) is 27.8 Å². The van der Waals surface area contributed by atoms with Gasteiger partial charge in [0.15, 0.2) is 0 Å². The van der Waals surface area contributed by atoms with Gasteiger partial charge in [-0.3, -0.25) is 19.2 Å². The van der Waals surface area contributed by atoms with Gasteiger partial charge in [0.1, 0.15) is 19.2 Å². The number of alkyl carbamates (subject to hydrolysis) is 1. The first-order chi connectivity index (χ1) is 21.3. The molecule has 12 heteroatoms. The van der Waals surface area contributed by atoms with Crippen LogP contribution in [0.2, 0.25) is 0 Å². The first-order valence-corrected chi connectivity index (χ1v) is 14.1. The fraction of sp³-hybridized carbons (Fsp3) is 0.250. The molecule has 2 aliphatic rings. The van der Waals surface area contributed by atoms with Crippen molar-refractivity contribution in [1.82, 2.24) is 21.0 Å². The van der Waals surface area contributed by atoms with E-state index >= 15 is 0 Å². The van der Waals surface area contributed by atoms with Gasteiger partial charge in [0.2, 0.25) is 11.8 Å². The molecule has 3 N–H and O–H groups in total. The monoisotopic (exact) mass is 598 g/mol. The van der Waals surface area contributed by atoms with Crippen molar-refractivity contribution in [3.05, 3.63) is 95.6 Å². The first kappa shape index (κ1) is 30.0. The predicted molar refractivity (Wildman–Crippen MR) is 155 cm³/mol. The highest BCUT2D eigenvalue weighted by atomic mass is 16.7. The van der Waals surface area contributed by atoms with Crippen LogP contribution in [0.3, 0.4) is 0 Å². The molecule has 1 aliphatic heterocycles. The smallest absolute Gasteiger partial charge is 0.407 e. The van der Waals surface area contributed by atoms with Gasteiger partial charge in [0, 0.05) is 25.2 Å². The van der Waals surface area contributed by atoms with Gasteiger partial charge >= 0.3 is 12.1 Å². The number of imide groups is 1. The second kappa shape index (κ2) is 13.6. The van der Waals surface area contributed by atoms with E-state index in [9.17, 15) is 28.8 Å². The second-order valence-corrected chi connectivity index (χ2v) is 10.3. The lowest BCUT2D eigenvalue weighted by Crippen LogP contribution is -2.50. The highest BCUT2D eigenvalue weighted by molar-refractivity contribution is 6.02. The molecule has 1 saturated heterocycles. The average Bonchev–Trinajstić information content (AvgIpc) is 3.53. The summed E-state index contributed by atoms with van der Waals surface area (Å²) in [4.78, 5) is 78.8. The van der Waals surface area contributed by atoms with E-state index in [1.807, 2.05) is 48.5 Å². The Labute approximate surface area is 252 Å². The van der Waals surface area contributed by atoms with Crippen molar-refractivity contribution >= 4 is 35.7 Å². The fourth-order valence-corrected chi connectivity index (χ4v) is 5.14. The minimum Gasteiger partial charge on any atom is -0.449 e. The van der Waals surface area contributed by atoms with Crippen LogP contribution in [0.15, 0.2) is 78.9 Å². The van der Waals surface area contributed by atoms with Gasteiger partial charge < -0.3 is 25.5 Å². The van der Waals surface area contributed by atoms with Gasteiger partial charge in [0.25, 0.3) is 11.8 Å². The normalized spacial score (nSPS) is 14.3. The Balaban J connectivity index is 1.08.